The third kappa shape index (κ3) is 3.37. The van der Waals surface area contributed by atoms with Gasteiger partial charge in [-0.25, -0.2) is 0 Å². The van der Waals surface area contributed by atoms with Crippen LogP contribution in [-0.4, -0.2) is 35.6 Å². The lowest BCUT2D eigenvalue weighted by Gasteiger charge is -2.24. The SMILES string of the molecule is CCC(C)n1ccc(CC(NC)C2CCOC2C)n1. The molecule has 1 aromatic heterocycles. The molecule has 0 radical (unpaired) electrons. The first kappa shape index (κ1) is 14.5. The van der Waals surface area contributed by atoms with Crippen molar-refractivity contribution >= 4 is 0 Å². The van der Waals surface area contributed by atoms with Crippen molar-refractivity contribution in [3.63, 3.8) is 0 Å². The second-order valence-electron chi connectivity index (χ2n) is 5.67. The largest absolute Gasteiger partial charge is 0.378 e. The Morgan fingerprint density at radius 1 is 1.58 bits per heavy atom. The van der Waals surface area contributed by atoms with Gasteiger partial charge in [0, 0.05) is 37.2 Å². The highest BCUT2D eigenvalue weighted by molar-refractivity contribution is 5.04. The molecule has 1 aliphatic heterocycles. The van der Waals surface area contributed by atoms with Crippen molar-refractivity contribution < 1.29 is 4.74 Å². The van der Waals surface area contributed by atoms with Crippen LogP contribution in [0.25, 0.3) is 0 Å². The average Bonchev–Trinajstić information content (AvgIpc) is 3.04. The van der Waals surface area contributed by atoms with Crippen molar-refractivity contribution in [1.82, 2.24) is 15.1 Å². The Kier molecular flexibility index (Phi) is 4.99. The van der Waals surface area contributed by atoms with E-state index in [-0.39, 0.29) is 0 Å². The molecule has 0 amide bonds. The molecule has 4 heteroatoms. The molecule has 0 aromatic carbocycles. The normalized spacial score (nSPS) is 26.5. The summed E-state index contributed by atoms with van der Waals surface area (Å²) in [7, 11) is 2.04. The summed E-state index contributed by atoms with van der Waals surface area (Å²) >= 11 is 0. The maximum absolute atomic E-state index is 5.68. The molecule has 4 nitrogen and oxygen atoms in total. The summed E-state index contributed by atoms with van der Waals surface area (Å²) < 4.78 is 7.76. The summed E-state index contributed by atoms with van der Waals surface area (Å²) in [6.07, 6.45) is 5.71. The summed E-state index contributed by atoms with van der Waals surface area (Å²) in [6.45, 7) is 7.48. The van der Waals surface area contributed by atoms with E-state index in [9.17, 15) is 0 Å². The number of likely N-dealkylation sites (N-methyl/N-ethyl adjacent to an activating group) is 1. The van der Waals surface area contributed by atoms with Crippen LogP contribution >= 0.6 is 0 Å². The standard InChI is InChI=1S/C15H27N3O/c1-5-11(2)18-8-6-13(17-18)10-15(16-4)14-7-9-19-12(14)3/h6,8,11-12,14-16H,5,7,9-10H2,1-4H3. The Morgan fingerprint density at radius 2 is 2.37 bits per heavy atom. The Bertz CT molecular complexity index is 390. The predicted octanol–water partition coefficient (Wildman–Crippen LogP) is 2.41. The highest BCUT2D eigenvalue weighted by atomic mass is 16.5. The highest BCUT2D eigenvalue weighted by Crippen LogP contribution is 2.25. The maximum Gasteiger partial charge on any atom is 0.0640 e. The van der Waals surface area contributed by atoms with Crippen LogP contribution in [0.2, 0.25) is 0 Å². The van der Waals surface area contributed by atoms with Crippen molar-refractivity contribution in [3.8, 4) is 0 Å². The van der Waals surface area contributed by atoms with Gasteiger partial charge in [-0.15, -0.1) is 0 Å². The number of nitrogens with zero attached hydrogens (tertiary/aromatic N) is 2. The number of hydrogen-bond acceptors (Lipinski definition) is 3. The molecule has 1 aromatic rings. The molecule has 4 unspecified atom stereocenters. The molecule has 1 saturated heterocycles. The van der Waals surface area contributed by atoms with Crippen molar-refractivity contribution in [2.45, 2.75) is 58.2 Å². The van der Waals surface area contributed by atoms with Gasteiger partial charge in [0.2, 0.25) is 0 Å². The van der Waals surface area contributed by atoms with Crippen LogP contribution in [0.5, 0.6) is 0 Å². The van der Waals surface area contributed by atoms with Crippen LogP contribution in [-0.2, 0) is 11.2 Å². The zero-order valence-corrected chi connectivity index (χ0v) is 12.6. The Labute approximate surface area is 116 Å². The van der Waals surface area contributed by atoms with Crippen LogP contribution in [0.4, 0.5) is 0 Å². The van der Waals surface area contributed by atoms with Gasteiger partial charge in [0.25, 0.3) is 0 Å². The smallest absolute Gasteiger partial charge is 0.0640 e. The average molecular weight is 265 g/mol. The van der Waals surface area contributed by atoms with E-state index in [1.54, 1.807) is 0 Å². The van der Waals surface area contributed by atoms with Crippen molar-refractivity contribution in [1.29, 1.82) is 0 Å². The van der Waals surface area contributed by atoms with Crippen molar-refractivity contribution in [2.75, 3.05) is 13.7 Å². The minimum absolute atomic E-state index is 0.356. The van der Waals surface area contributed by atoms with Gasteiger partial charge in [-0.2, -0.15) is 5.10 Å². The quantitative estimate of drug-likeness (QED) is 0.858. The van der Waals surface area contributed by atoms with Gasteiger partial charge in [0.15, 0.2) is 0 Å². The molecular weight excluding hydrogens is 238 g/mol. The number of aromatic nitrogens is 2. The molecule has 1 aliphatic rings. The Balaban J connectivity index is 2.00. The molecule has 4 atom stereocenters. The van der Waals surface area contributed by atoms with Crippen LogP contribution in [0.3, 0.4) is 0 Å². The minimum Gasteiger partial charge on any atom is -0.378 e. The van der Waals surface area contributed by atoms with Gasteiger partial charge in [-0.05, 0) is 39.8 Å². The zero-order chi connectivity index (χ0) is 13.8. The van der Waals surface area contributed by atoms with E-state index < -0.39 is 0 Å². The minimum atomic E-state index is 0.356. The van der Waals surface area contributed by atoms with E-state index >= 15 is 0 Å². The van der Waals surface area contributed by atoms with Gasteiger partial charge in [-0.3, -0.25) is 4.68 Å². The van der Waals surface area contributed by atoms with Gasteiger partial charge in [0.1, 0.15) is 0 Å². The molecule has 0 aliphatic carbocycles. The summed E-state index contributed by atoms with van der Waals surface area (Å²) in [5.41, 5.74) is 1.18. The van der Waals surface area contributed by atoms with Crippen LogP contribution in [0.1, 0.15) is 45.3 Å². The highest BCUT2D eigenvalue weighted by Gasteiger charge is 2.31. The third-order valence-corrected chi connectivity index (χ3v) is 4.46. The van der Waals surface area contributed by atoms with Crippen molar-refractivity contribution in [3.05, 3.63) is 18.0 Å². The number of hydrogen-bond donors (Lipinski definition) is 1. The van der Waals surface area contributed by atoms with Crippen LogP contribution in [0.15, 0.2) is 12.3 Å². The molecule has 0 saturated carbocycles. The molecule has 0 bridgehead atoms. The second kappa shape index (κ2) is 6.53. The Morgan fingerprint density at radius 3 is 2.95 bits per heavy atom. The maximum atomic E-state index is 5.68. The Hall–Kier alpha value is -0.870. The van der Waals surface area contributed by atoms with Crippen LogP contribution in [0, 0.1) is 5.92 Å². The first-order valence-corrected chi connectivity index (χ1v) is 7.48. The number of rotatable bonds is 6. The topological polar surface area (TPSA) is 39.1 Å². The lowest BCUT2D eigenvalue weighted by Crippen LogP contribution is -2.38. The fourth-order valence-electron chi connectivity index (χ4n) is 2.89. The molecule has 2 rings (SSSR count). The first-order valence-electron chi connectivity index (χ1n) is 7.48. The third-order valence-electron chi connectivity index (χ3n) is 4.46. The molecule has 2 heterocycles. The molecule has 1 N–H and O–H groups in total. The fourth-order valence-corrected chi connectivity index (χ4v) is 2.89. The monoisotopic (exact) mass is 265 g/mol. The van der Waals surface area contributed by atoms with E-state index in [0.717, 1.165) is 25.9 Å². The van der Waals surface area contributed by atoms with E-state index in [1.165, 1.54) is 5.69 Å². The number of ether oxygens (including phenoxy) is 1. The predicted molar refractivity (Wildman–Crippen MR) is 77.3 cm³/mol. The van der Waals surface area contributed by atoms with E-state index in [4.69, 9.17) is 9.84 Å². The van der Waals surface area contributed by atoms with Crippen molar-refractivity contribution in [2.24, 2.45) is 5.92 Å². The van der Waals surface area contributed by atoms with E-state index in [1.807, 2.05) is 7.05 Å². The zero-order valence-electron chi connectivity index (χ0n) is 12.6. The second-order valence-corrected chi connectivity index (χ2v) is 5.67. The lowest BCUT2D eigenvalue weighted by molar-refractivity contribution is 0.0961. The van der Waals surface area contributed by atoms with Crippen LogP contribution < -0.4 is 5.32 Å². The number of nitrogens with one attached hydrogen (secondary N) is 1. The summed E-state index contributed by atoms with van der Waals surface area (Å²) in [5, 5.41) is 8.15. The summed E-state index contributed by atoms with van der Waals surface area (Å²) in [4.78, 5) is 0. The first-order chi connectivity index (χ1) is 9.15. The van der Waals surface area contributed by atoms with Gasteiger partial charge >= 0.3 is 0 Å². The van der Waals surface area contributed by atoms with Gasteiger partial charge < -0.3 is 10.1 Å². The molecular formula is C15H27N3O. The van der Waals surface area contributed by atoms with Gasteiger partial charge in [0.05, 0.1) is 11.8 Å². The summed E-state index contributed by atoms with van der Waals surface area (Å²) in [6, 6.07) is 3.09. The lowest BCUT2D eigenvalue weighted by atomic mass is 9.90. The fraction of sp³-hybridized carbons (Fsp3) is 0.800. The molecule has 1 fully saturated rings. The van der Waals surface area contributed by atoms with Gasteiger partial charge in [-0.1, -0.05) is 6.92 Å². The molecule has 108 valence electrons. The summed E-state index contributed by atoms with van der Waals surface area (Å²) in [5.74, 6) is 0.596. The van der Waals surface area contributed by atoms with E-state index in [2.05, 4.69) is 43.0 Å². The molecule has 19 heavy (non-hydrogen) atoms. The van der Waals surface area contributed by atoms with E-state index in [0.29, 0.717) is 24.1 Å². The molecule has 0 spiro atoms.